The molecule has 84 valence electrons. The van der Waals surface area contributed by atoms with Gasteiger partial charge in [0.05, 0.1) is 5.69 Å². The molecule has 0 radical (unpaired) electrons. The van der Waals surface area contributed by atoms with Gasteiger partial charge in [-0.3, -0.25) is 4.98 Å². The van der Waals surface area contributed by atoms with Gasteiger partial charge in [0.15, 0.2) is 0 Å². The maximum atomic E-state index is 4.37. The average molecular weight is 206 g/mol. The Hall–Kier alpha value is -0.890. The van der Waals surface area contributed by atoms with Crippen LogP contribution < -0.4 is 5.32 Å². The van der Waals surface area contributed by atoms with Gasteiger partial charge in [0.2, 0.25) is 0 Å². The third-order valence-corrected chi connectivity index (χ3v) is 2.59. The zero-order chi connectivity index (χ0) is 11.1. The minimum atomic E-state index is 0.591. The molecular weight excluding hydrogens is 184 g/mol. The summed E-state index contributed by atoms with van der Waals surface area (Å²) in [4.78, 5) is 4.37. The lowest BCUT2D eigenvalue weighted by molar-refractivity contribution is 0.491. The second-order valence-electron chi connectivity index (χ2n) is 4.25. The van der Waals surface area contributed by atoms with Gasteiger partial charge in [-0.25, -0.2) is 0 Å². The third kappa shape index (κ3) is 4.93. The minimum Gasteiger partial charge on any atom is -0.309 e. The Morgan fingerprint density at radius 2 is 2.20 bits per heavy atom. The van der Waals surface area contributed by atoms with Crippen molar-refractivity contribution >= 4 is 0 Å². The van der Waals surface area contributed by atoms with Crippen molar-refractivity contribution in [3.8, 4) is 0 Å². The Bertz CT molecular complexity index is 266. The van der Waals surface area contributed by atoms with Gasteiger partial charge in [-0.1, -0.05) is 25.8 Å². The molecule has 0 saturated carbocycles. The van der Waals surface area contributed by atoms with Gasteiger partial charge in [0.1, 0.15) is 0 Å². The van der Waals surface area contributed by atoms with Gasteiger partial charge in [-0.15, -0.1) is 0 Å². The molecule has 1 N–H and O–H groups in total. The SMILES string of the molecule is CCCCC(C)NCc1ccc(C)cn1. The molecule has 0 aliphatic carbocycles. The summed E-state index contributed by atoms with van der Waals surface area (Å²) in [6.45, 7) is 7.41. The predicted molar refractivity (Wildman–Crippen MR) is 64.8 cm³/mol. The van der Waals surface area contributed by atoms with E-state index in [1.165, 1.54) is 24.8 Å². The summed E-state index contributed by atoms with van der Waals surface area (Å²) < 4.78 is 0. The second-order valence-corrected chi connectivity index (χ2v) is 4.25. The van der Waals surface area contributed by atoms with Crippen LogP contribution in [0.15, 0.2) is 18.3 Å². The molecule has 0 aromatic carbocycles. The second kappa shape index (κ2) is 6.57. The smallest absolute Gasteiger partial charge is 0.0541 e. The molecule has 0 bridgehead atoms. The van der Waals surface area contributed by atoms with Crippen molar-refractivity contribution in [1.29, 1.82) is 0 Å². The van der Waals surface area contributed by atoms with Crippen molar-refractivity contribution in [2.24, 2.45) is 0 Å². The molecule has 0 fully saturated rings. The van der Waals surface area contributed by atoms with Crippen molar-refractivity contribution < 1.29 is 0 Å². The van der Waals surface area contributed by atoms with Crippen LogP contribution in [0.5, 0.6) is 0 Å². The van der Waals surface area contributed by atoms with Crippen molar-refractivity contribution in [2.45, 2.75) is 52.6 Å². The Morgan fingerprint density at radius 3 is 2.80 bits per heavy atom. The Balaban J connectivity index is 2.27. The zero-order valence-electron chi connectivity index (χ0n) is 10.1. The molecule has 15 heavy (non-hydrogen) atoms. The number of hydrogen-bond donors (Lipinski definition) is 1. The molecule has 0 saturated heterocycles. The molecule has 1 unspecified atom stereocenters. The van der Waals surface area contributed by atoms with E-state index in [9.17, 15) is 0 Å². The van der Waals surface area contributed by atoms with E-state index in [1.807, 2.05) is 6.20 Å². The van der Waals surface area contributed by atoms with E-state index in [2.05, 4.69) is 43.2 Å². The van der Waals surface area contributed by atoms with E-state index < -0.39 is 0 Å². The first-order valence-electron chi connectivity index (χ1n) is 5.87. The number of rotatable bonds is 6. The number of hydrogen-bond acceptors (Lipinski definition) is 2. The van der Waals surface area contributed by atoms with Crippen LogP contribution in [0.3, 0.4) is 0 Å². The molecule has 1 atom stereocenters. The highest BCUT2D eigenvalue weighted by atomic mass is 14.9. The summed E-state index contributed by atoms with van der Waals surface area (Å²) in [6.07, 6.45) is 5.75. The lowest BCUT2D eigenvalue weighted by atomic mass is 10.1. The van der Waals surface area contributed by atoms with Gasteiger partial charge in [-0.05, 0) is 31.9 Å². The summed E-state index contributed by atoms with van der Waals surface area (Å²) in [5.41, 5.74) is 2.35. The fourth-order valence-corrected chi connectivity index (χ4v) is 1.49. The number of nitrogens with zero attached hydrogens (tertiary/aromatic N) is 1. The predicted octanol–water partition coefficient (Wildman–Crippen LogP) is 3.06. The summed E-state index contributed by atoms with van der Waals surface area (Å²) >= 11 is 0. The van der Waals surface area contributed by atoms with E-state index in [1.54, 1.807) is 0 Å². The Morgan fingerprint density at radius 1 is 1.40 bits per heavy atom. The highest BCUT2D eigenvalue weighted by molar-refractivity contribution is 5.11. The van der Waals surface area contributed by atoms with Gasteiger partial charge in [0, 0.05) is 18.8 Å². The number of aryl methyl sites for hydroxylation is 1. The highest BCUT2D eigenvalue weighted by Gasteiger charge is 2.00. The molecule has 2 heteroatoms. The van der Waals surface area contributed by atoms with Crippen molar-refractivity contribution in [3.63, 3.8) is 0 Å². The first-order valence-corrected chi connectivity index (χ1v) is 5.87. The first-order chi connectivity index (χ1) is 7.22. The number of unbranched alkanes of at least 4 members (excludes halogenated alkanes) is 1. The molecule has 2 nitrogen and oxygen atoms in total. The van der Waals surface area contributed by atoms with Crippen LogP contribution in [0.25, 0.3) is 0 Å². The molecule has 0 aliphatic heterocycles. The van der Waals surface area contributed by atoms with Gasteiger partial charge >= 0.3 is 0 Å². The largest absolute Gasteiger partial charge is 0.309 e. The van der Waals surface area contributed by atoms with Crippen LogP contribution in [-0.4, -0.2) is 11.0 Å². The highest BCUT2D eigenvalue weighted by Crippen LogP contribution is 2.02. The zero-order valence-corrected chi connectivity index (χ0v) is 10.1. The van der Waals surface area contributed by atoms with E-state index in [-0.39, 0.29) is 0 Å². The molecule has 1 aromatic heterocycles. The molecule has 0 spiro atoms. The maximum Gasteiger partial charge on any atom is 0.0541 e. The number of nitrogens with one attached hydrogen (secondary N) is 1. The van der Waals surface area contributed by atoms with Crippen LogP contribution in [0.4, 0.5) is 0 Å². The fourth-order valence-electron chi connectivity index (χ4n) is 1.49. The lowest BCUT2D eigenvalue weighted by Crippen LogP contribution is -2.25. The van der Waals surface area contributed by atoms with E-state index in [4.69, 9.17) is 0 Å². The Kier molecular flexibility index (Phi) is 5.33. The molecule has 1 aromatic rings. The standard InChI is InChI=1S/C13H22N2/c1-4-5-6-12(3)14-10-13-8-7-11(2)9-15-13/h7-9,12,14H,4-6,10H2,1-3H3. The van der Waals surface area contributed by atoms with Crippen LogP contribution >= 0.6 is 0 Å². The van der Waals surface area contributed by atoms with Crippen molar-refractivity contribution in [1.82, 2.24) is 10.3 Å². The lowest BCUT2D eigenvalue weighted by Gasteiger charge is -2.12. The normalized spacial score (nSPS) is 12.7. The van der Waals surface area contributed by atoms with Crippen LogP contribution in [-0.2, 0) is 6.54 Å². The monoisotopic (exact) mass is 206 g/mol. The first kappa shape index (κ1) is 12.2. The van der Waals surface area contributed by atoms with Crippen LogP contribution in [0, 0.1) is 6.92 Å². The summed E-state index contributed by atoms with van der Waals surface area (Å²) in [5.74, 6) is 0. The van der Waals surface area contributed by atoms with Gasteiger partial charge in [-0.2, -0.15) is 0 Å². The molecule has 0 amide bonds. The average Bonchev–Trinajstić information content (AvgIpc) is 2.25. The molecule has 1 rings (SSSR count). The molecule has 1 heterocycles. The van der Waals surface area contributed by atoms with E-state index in [0.29, 0.717) is 6.04 Å². The van der Waals surface area contributed by atoms with E-state index >= 15 is 0 Å². The summed E-state index contributed by atoms with van der Waals surface area (Å²) in [7, 11) is 0. The van der Waals surface area contributed by atoms with Gasteiger partial charge in [0.25, 0.3) is 0 Å². The van der Waals surface area contributed by atoms with Crippen LogP contribution in [0.1, 0.15) is 44.4 Å². The fraction of sp³-hybridized carbons (Fsp3) is 0.615. The van der Waals surface area contributed by atoms with E-state index in [0.717, 1.165) is 12.2 Å². The van der Waals surface area contributed by atoms with Crippen molar-refractivity contribution in [2.75, 3.05) is 0 Å². The summed E-state index contributed by atoms with van der Waals surface area (Å²) in [6, 6.07) is 4.79. The Labute approximate surface area is 93.1 Å². The number of pyridine rings is 1. The molecular formula is C13H22N2. The maximum absolute atomic E-state index is 4.37. The summed E-state index contributed by atoms with van der Waals surface area (Å²) in [5, 5.41) is 3.49. The molecule has 0 aliphatic rings. The topological polar surface area (TPSA) is 24.9 Å². The quantitative estimate of drug-likeness (QED) is 0.773. The van der Waals surface area contributed by atoms with Crippen LogP contribution in [0.2, 0.25) is 0 Å². The third-order valence-electron chi connectivity index (χ3n) is 2.59. The van der Waals surface area contributed by atoms with Crippen molar-refractivity contribution in [3.05, 3.63) is 29.6 Å². The number of aromatic nitrogens is 1. The van der Waals surface area contributed by atoms with Gasteiger partial charge < -0.3 is 5.32 Å². The minimum absolute atomic E-state index is 0.591.